The van der Waals surface area contributed by atoms with Crippen LogP contribution in [-0.4, -0.2) is 21.9 Å². The van der Waals surface area contributed by atoms with Gasteiger partial charge < -0.3 is 14.1 Å². The van der Waals surface area contributed by atoms with E-state index in [-0.39, 0.29) is 5.76 Å². The van der Waals surface area contributed by atoms with E-state index in [1.54, 1.807) is 6.07 Å². The minimum Gasteiger partial charge on any atom is -0.475 e. The molecule has 0 unspecified atom stereocenters. The fourth-order valence-corrected chi connectivity index (χ4v) is 3.24. The quantitative estimate of drug-likeness (QED) is 0.443. The monoisotopic (exact) mass is 392 g/mol. The molecule has 5 nitrogen and oxygen atoms in total. The molecule has 4 aromatic rings. The normalized spacial score (nSPS) is 11.5. The molecular formula is C22H17ClN2O3. The Morgan fingerprint density at radius 1 is 1.21 bits per heavy atom. The van der Waals surface area contributed by atoms with Gasteiger partial charge in [-0.1, -0.05) is 35.9 Å². The van der Waals surface area contributed by atoms with Crippen molar-refractivity contribution in [1.82, 2.24) is 4.57 Å². The number of aromatic nitrogens is 1. The van der Waals surface area contributed by atoms with Gasteiger partial charge >= 0.3 is 5.97 Å². The number of aryl methyl sites for hydroxylation is 1. The highest BCUT2D eigenvalue weighted by Gasteiger charge is 2.12. The van der Waals surface area contributed by atoms with Crippen LogP contribution in [0.15, 0.2) is 70.2 Å². The largest absolute Gasteiger partial charge is 0.475 e. The first-order valence-electron chi connectivity index (χ1n) is 8.71. The lowest BCUT2D eigenvalue weighted by atomic mass is 10.2. The van der Waals surface area contributed by atoms with Gasteiger partial charge in [0, 0.05) is 33.9 Å². The van der Waals surface area contributed by atoms with Crippen molar-refractivity contribution in [3.05, 3.63) is 88.5 Å². The molecule has 0 aliphatic rings. The molecule has 0 bridgehead atoms. The molecular weight excluding hydrogens is 376 g/mol. The number of nitrogens with zero attached hydrogens (tertiary/aromatic N) is 2. The number of carbonyl (C=O) groups is 1. The average Bonchev–Trinajstić information content (AvgIpc) is 3.29. The van der Waals surface area contributed by atoms with Gasteiger partial charge in [-0.3, -0.25) is 4.99 Å². The van der Waals surface area contributed by atoms with Crippen LogP contribution in [0, 0.1) is 6.92 Å². The van der Waals surface area contributed by atoms with E-state index in [0.29, 0.717) is 17.3 Å². The molecule has 0 saturated heterocycles. The number of fused-ring (bicyclic) bond motifs is 1. The first kappa shape index (κ1) is 18.1. The van der Waals surface area contributed by atoms with Crippen LogP contribution < -0.4 is 0 Å². The number of aromatic carboxylic acids is 1. The number of hydrogen-bond acceptors (Lipinski definition) is 3. The molecule has 2 aromatic heterocycles. The minimum absolute atomic E-state index is 0.0653. The molecule has 28 heavy (non-hydrogen) atoms. The van der Waals surface area contributed by atoms with Gasteiger partial charge in [0.05, 0.1) is 12.2 Å². The van der Waals surface area contributed by atoms with Crippen LogP contribution in [-0.2, 0) is 6.54 Å². The Hall–Kier alpha value is -3.31. The summed E-state index contributed by atoms with van der Waals surface area (Å²) >= 11 is 6.18. The van der Waals surface area contributed by atoms with Crippen LogP contribution in [0.25, 0.3) is 10.9 Å². The third kappa shape index (κ3) is 3.57. The number of carboxylic acid groups (broad SMARTS) is 1. The van der Waals surface area contributed by atoms with Crippen molar-refractivity contribution in [1.29, 1.82) is 0 Å². The van der Waals surface area contributed by atoms with E-state index in [9.17, 15) is 4.79 Å². The maximum absolute atomic E-state index is 11.0. The summed E-state index contributed by atoms with van der Waals surface area (Å²) in [5.74, 6) is -0.565. The Balaban J connectivity index is 1.68. The van der Waals surface area contributed by atoms with E-state index < -0.39 is 5.97 Å². The lowest BCUT2D eigenvalue weighted by Gasteiger charge is -2.02. The molecule has 0 radical (unpaired) electrons. The first-order valence-corrected chi connectivity index (χ1v) is 9.09. The number of halogens is 1. The van der Waals surface area contributed by atoms with Gasteiger partial charge in [0.25, 0.3) is 0 Å². The summed E-state index contributed by atoms with van der Waals surface area (Å²) < 4.78 is 7.41. The van der Waals surface area contributed by atoms with Crippen molar-refractivity contribution < 1.29 is 14.3 Å². The molecule has 0 aliphatic carbocycles. The van der Waals surface area contributed by atoms with Crippen molar-refractivity contribution in [2.24, 2.45) is 4.99 Å². The van der Waals surface area contributed by atoms with Gasteiger partial charge in [-0.2, -0.15) is 0 Å². The molecule has 0 spiro atoms. The average molecular weight is 393 g/mol. The van der Waals surface area contributed by atoms with E-state index in [2.05, 4.69) is 4.99 Å². The van der Waals surface area contributed by atoms with Gasteiger partial charge in [-0.05, 0) is 42.8 Å². The number of benzene rings is 2. The molecule has 1 N–H and O–H groups in total. The zero-order chi connectivity index (χ0) is 19.7. The predicted octanol–water partition coefficient (Wildman–Crippen LogP) is 5.69. The van der Waals surface area contributed by atoms with Crippen molar-refractivity contribution in [2.45, 2.75) is 13.5 Å². The predicted molar refractivity (Wildman–Crippen MR) is 110 cm³/mol. The van der Waals surface area contributed by atoms with Crippen LogP contribution in [0.5, 0.6) is 0 Å². The second kappa shape index (κ2) is 7.37. The molecule has 0 saturated carbocycles. The number of hydrogen-bond donors (Lipinski definition) is 1. The zero-order valence-electron chi connectivity index (χ0n) is 15.1. The van der Waals surface area contributed by atoms with E-state index in [4.69, 9.17) is 21.1 Å². The van der Waals surface area contributed by atoms with E-state index >= 15 is 0 Å². The molecule has 0 amide bonds. The number of furan rings is 1. The number of rotatable bonds is 5. The Kier molecular flexibility index (Phi) is 4.75. The van der Waals surface area contributed by atoms with Crippen LogP contribution in [0.4, 0.5) is 5.69 Å². The molecule has 0 atom stereocenters. The minimum atomic E-state index is -1.08. The molecule has 140 valence electrons. The second-order valence-corrected chi connectivity index (χ2v) is 6.90. The summed E-state index contributed by atoms with van der Waals surface area (Å²) in [7, 11) is 0. The van der Waals surface area contributed by atoms with Gasteiger partial charge in [0.15, 0.2) is 0 Å². The first-order chi connectivity index (χ1) is 13.5. The van der Waals surface area contributed by atoms with Gasteiger partial charge in [-0.15, -0.1) is 0 Å². The highest BCUT2D eigenvalue weighted by Crippen LogP contribution is 2.25. The molecule has 6 heteroatoms. The van der Waals surface area contributed by atoms with Gasteiger partial charge in [0.1, 0.15) is 5.76 Å². The number of para-hydroxylation sites is 1. The SMILES string of the molecule is Cc1ccc(N=Cc2cn(Cc3ccc(C(=O)O)o3)c3ccccc23)cc1Cl. The summed E-state index contributed by atoms with van der Waals surface area (Å²) in [5, 5.41) is 10.8. The van der Waals surface area contributed by atoms with Gasteiger partial charge in [-0.25, -0.2) is 4.79 Å². The maximum Gasteiger partial charge on any atom is 0.371 e. The van der Waals surface area contributed by atoms with E-state index in [1.807, 2.05) is 66.4 Å². The Morgan fingerprint density at radius 3 is 2.79 bits per heavy atom. The topological polar surface area (TPSA) is 67.7 Å². The number of aliphatic imine (C=N–C) groups is 1. The lowest BCUT2D eigenvalue weighted by Crippen LogP contribution is -1.97. The van der Waals surface area contributed by atoms with Crippen LogP contribution >= 0.6 is 11.6 Å². The lowest BCUT2D eigenvalue weighted by molar-refractivity contribution is 0.0660. The maximum atomic E-state index is 11.0. The van der Waals surface area contributed by atoms with Crippen LogP contribution in [0.1, 0.15) is 27.4 Å². The molecule has 2 aromatic carbocycles. The summed E-state index contributed by atoms with van der Waals surface area (Å²) in [6.45, 7) is 2.38. The summed E-state index contributed by atoms with van der Waals surface area (Å²) in [6.07, 6.45) is 3.79. The van der Waals surface area contributed by atoms with E-state index in [0.717, 1.165) is 27.7 Å². The Bertz CT molecular complexity index is 1200. The molecule has 4 rings (SSSR count). The van der Waals surface area contributed by atoms with Crippen LogP contribution in [0.3, 0.4) is 0 Å². The molecule has 0 aliphatic heterocycles. The van der Waals surface area contributed by atoms with Crippen molar-refractivity contribution in [3.63, 3.8) is 0 Å². The fraction of sp³-hybridized carbons (Fsp3) is 0.0909. The smallest absolute Gasteiger partial charge is 0.371 e. The number of carboxylic acids is 1. The Morgan fingerprint density at radius 2 is 2.04 bits per heavy atom. The highest BCUT2D eigenvalue weighted by atomic mass is 35.5. The third-order valence-corrected chi connectivity index (χ3v) is 4.93. The second-order valence-electron chi connectivity index (χ2n) is 6.49. The summed E-state index contributed by atoms with van der Waals surface area (Å²) in [5.41, 5.74) is 3.76. The summed E-state index contributed by atoms with van der Waals surface area (Å²) in [4.78, 5) is 15.6. The van der Waals surface area contributed by atoms with Crippen molar-refractivity contribution in [2.75, 3.05) is 0 Å². The highest BCUT2D eigenvalue weighted by molar-refractivity contribution is 6.31. The Labute approximate surface area is 166 Å². The fourth-order valence-electron chi connectivity index (χ4n) is 3.06. The summed E-state index contributed by atoms with van der Waals surface area (Å²) in [6, 6.07) is 16.8. The van der Waals surface area contributed by atoms with Crippen molar-refractivity contribution >= 4 is 40.4 Å². The van der Waals surface area contributed by atoms with Crippen LogP contribution in [0.2, 0.25) is 5.02 Å². The standard InChI is InChI=1S/C22H17ClN2O3/c1-14-6-7-16(10-19(14)23)24-11-15-12-25(20-5-3-2-4-18(15)20)13-17-8-9-21(28-17)22(26)27/h2-12H,13H2,1H3,(H,26,27). The van der Waals surface area contributed by atoms with Crippen molar-refractivity contribution in [3.8, 4) is 0 Å². The third-order valence-electron chi connectivity index (χ3n) is 4.53. The zero-order valence-corrected chi connectivity index (χ0v) is 15.8. The molecule has 2 heterocycles. The molecule has 0 fully saturated rings. The van der Waals surface area contributed by atoms with Gasteiger partial charge in [0.2, 0.25) is 5.76 Å². The van der Waals surface area contributed by atoms with E-state index in [1.165, 1.54) is 6.07 Å².